The van der Waals surface area contributed by atoms with E-state index >= 15 is 0 Å². The maximum absolute atomic E-state index is 11.5. The first-order valence-corrected chi connectivity index (χ1v) is 4.87. The minimum atomic E-state index is -2.30. The summed E-state index contributed by atoms with van der Waals surface area (Å²) in [6.45, 7) is -0.614. The third-order valence-corrected chi connectivity index (χ3v) is 2.47. The highest BCUT2D eigenvalue weighted by atomic mass is 16.6. The quantitative estimate of drug-likeness (QED) is 0.444. The second-order valence-electron chi connectivity index (χ2n) is 3.59. The van der Waals surface area contributed by atoms with Crippen LogP contribution in [0.1, 0.15) is 7.57 Å². The van der Waals surface area contributed by atoms with Crippen LogP contribution in [0.25, 0.3) is 0 Å². The van der Waals surface area contributed by atoms with Gasteiger partial charge >= 0.3 is 5.69 Å². The molecular formula is C9H12N2O6. The average molecular weight is 245 g/mol. The van der Waals surface area contributed by atoms with Crippen molar-refractivity contribution >= 4 is 0 Å². The fourth-order valence-corrected chi connectivity index (χ4v) is 1.58. The topological polar surface area (TPSA) is 125 Å². The smallest absolute Gasteiger partial charge is 0.330 e. The Hall–Kier alpha value is -1.48. The minimum absolute atomic E-state index is 0.614. The van der Waals surface area contributed by atoms with Gasteiger partial charge in [-0.2, -0.15) is 0 Å². The molecule has 0 unspecified atom stereocenters. The molecule has 1 aromatic rings. The predicted octanol–water partition coefficient (Wildman–Crippen LogP) is -2.85. The lowest BCUT2D eigenvalue weighted by molar-refractivity contribution is -0.0550. The van der Waals surface area contributed by atoms with Crippen molar-refractivity contribution in [2.75, 3.05) is 6.61 Å². The fourth-order valence-electron chi connectivity index (χ4n) is 1.58. The molecule has 2 rings (SSSR count). The number of aromatic amines is 1. The number of aliphatic hydroxyl groups is 3. The van der Waals surface area contributed by atoms with Crippen LogP contribution in [0.5, 0.6) is 0 Å². The molecule has 2 heterocycles. The molecule has 1 aliphatic rings. The first kappa shape index (κ1) is 10.7. The normalized spacial score (nSPS) is 38.1. The van der Waals surface area contributed by atoms with Crippen molar-refractivity contribution in [1.29, 1.82) is 0 Å². The van der Waals surface area contributed by atoms with Crippen molar-refractivity contribution in [3.8, 4) is 0 Å². The zero-order valence-electron chi connectivity index (χ0n) is 9.61. The molecule has 1 aromatic heterocycles. The van der Waals surface area contributed by atoms with Crippen LogP contribution in [-0.2, 0) is 4.74 Å². The molecule has 4 atom stereocenters. The Morgan fingerprint density at radius 2 is 2.18 bits per heavy atom. The van der Waals surface area contributed by atoms with Gasteiger partial charge in [0.1, 0.15) is 18.3 Å². The van der Waals surface area contributed by atoms with Gasteiger partial charge in [-0.05, 0) is 0 Å². The van der Waals surface area contributed by atoms with E-state index in [1.807, 2.05) is 4.98 Å². The first-order valence-electron chi connectivity index (χ1n) is 5.37. The number of aliphatic hydroxyl groups excluding tert-OH is 3. The molecular weight excluding hydrogens is 232 g/mol. The Morgan fingerprint density at radius 1 is 1.47 bits per heavy atom. The zero-order valence-corrected chi connectivity index (χ0v) is 8.61. The lowest BCUT2D eigenvalue weighted by Gasteiger charge is -2.16. The van der Waals surface area contributed by atoms with E-state index in [4.69, 9.17) is 11.2 Å². The Balaban J connectivity index is 2.49. The summed E-state index contributed by atoms with van der Waals surface area (Å²) in [4.78, 5) is 24.3. The van der Waals surface area contributed by atoms with Crippen LogP contribution >= 0.6 is 0 Å². The van der Waals surface area contributed by atoms with Gasteiger partial charge in [-0.3, -0.25) is 14.3 Å². The molecule has 0 bridgehead atoms. The molecule has 8 heteroatoms. The monoisotopic (exact) mass is 245 g/mol. The van der Waals surface area contributed by atoms with E-state index in [0.717, 1.165) is 12.3 Å². The Morgan fingerprint density at radius 3 is 2.71 bits per heavy atom. The van der Waals surface area contributed by atoms with Gasteiger partial charge in [0.15, 0.2) is 6.20 Å². The highest BCUT2D eigenvalue weighted by Crippen LogP contribution is 2.27. The van der Waals surface area contributed by atoms with Crippen molar-refractivity contribution in [1.82, 2.24) is 9.55 Å². The van der Waals surface area contributed by atoms with E-state index in [1.165, 1.54) is 0 Å². The largest absolute Gasteiger partial charge is 0.394 e. The number of nitrogens with one attached hydrogen (secondary N) is 1. The molecule has 1 aliphatic heterocycles. The first-order chi connectivity index (χ1) is 8.40. The molecule has 1 fully saturated rings. The minimum Gasteiger partial charge on any atom is -0.394 e. The molecule has 0 aliphatic carbocycles. The fraction of sp³-hybridized carbons (Fsp3) is 0.556. The average Bonchev–Trinajstić information content (AvgIpc) is 2.54. The second-order valence-corrected chi connectivity index (χ2v) is 3.59. The van der Waals surface area contributed by atoms with Crippen LogP contribution in [0.2, 0.25) is 0 Å². The molecule has 8 nitrogen and oxygen atoms in total. The van der Waals surface area contributed by atoms with Crippen molar-refractivity contribution in [3.63, 3.8) is 0 Å². The van der Waals surface area contributed by atoms with Crippen LogP contribution in [0.3, 0.4) is 0 Å². The van der Waals surface area contributed by atoms with Crippen LogP contribution in [0, 0.1) is 0 Å². The third kappa shape index (κ3) is 2.03. The summed E-state index contributed by atoms with van der Waals surface area (Å²) >= 11 is 0. The SMILES string of the molecule is [2H][C@]1(n2ccc(=O)[nH]c2=O)O[C@H](CO)[C@@H](O)[C@H]1O. The number of hydrogen-bond donors (Lipinski definition) is 4. The Kier molecular flexibility index (Phi) is 2.77. The van der Waals surface area contributed by atoms with Crippen LogP contribution < -0.4 is 11.2 Å². The highest BCUT2D eigenvalue weighted by molar-refractivity contribution is 4.92. The summed E-state index contributed by atoms with van der Waals surface area (Å²) in [6, 6.07) is 0.979. The van der Waals surface area contributed by atoms with Crippen LogP contribution in [0.4, 0.5) is 0 Å². The standard InChI is InChI=1S/C9H12N2O6/c12-3-4-6(14)7(15)8(17-4)11-2-1-5(13)10-9(11)16/h1-2,4,6-8,12,14-15H,3H2,(H,10,13,16)/t4-,6-,7-,8+/m1/s1/i8D. The third-order valence-electron chi connectivity index (χ3n) is 2.47. The van der Waals surface area contributed by atoms with Crippen molar-refractivity contribution in [2.24, 2.45) is 0 Å². The van der Waals surface area contributed by atoms with Gasteiger partial charge in [-0.1, -0.05) is 0 Å². The van der Waals surface area contributed by atoms with E-state index in [0.29, 0.717) is 4.57 Å². The van der Waals surface area contributed by atoms with Crippen LogP contribution in [-0.4, -0.2) is 49.8 Å². The van der Waals surface area contributed by atoms with E-state index < -0.39 is 42.4 Å². The van der Waals surface area contributed by atoms with E-state index in [9.17, 15) is 19.8 Å². The summed E-state index contributed by atoms with van der Waals surface area (Å²) in [6.07, 6.45) is -5.75. The van der Waals surface area contributed by atoms with Gasteiger partial charge in [0, 0.05) is 12.3 Å². The highest BCUT2D eigenvalue weighted by Gasteiger charge is 2.43. The molecule has 1 saturated heterocycles. The summed E-state index contributed by atoms with van der Waals surface area (Å²) in [5, 5.41) is 28.2. The number of nitrogens with zero attached hydrogens (tertiary/aromatic N) is 1. The van der Waals surface area contributed by atoms with Gasteiger partial charge < -0.3 is 20.1 Å². The van der Waals surface area contributed by atoms with Crippen molar-refractivity contribution in [2.45, 2.75) is 24.5 Å². The molecule has 0 spiro atoms. The van der Waals surface area contributed by atoms with E-state index in [-0.39, 0.29) is 0 Å². The van der Waals surface area contributed by atoms with Crippen molar-refractivity contribution in [3.05, 3.63) is 33.1 Å². The van der Waals surface area contributed by atoms with Gasteiger partial charge in [0.05, 0.1) is 7.98 Å². The molecule has 0 aromatic carbocycles. The maximum atomic E-state index is 11.5. The van der Waals surface area contributed by atoms with Crippen molar-refractivity contribution < 1.29 is 21.4 Å². The number of H-pyrrole nitrogens is 1. The molecule has 17 heavy (non-hydrogen) atoms. The summed E-state index contributed by atoms with van der Waals surface area (Å²) in [5.41, 5.74) is -1.62. The summed E-state index contributed by atoms with van der Waals surface area (Å²) < 4.78 is 13.5. The number of ether oxygens (including phenoxy) is 1. The zero-order chi connectivity index (χ0) is 13.5. The lowest BCUT2D eigenvalue weighted by atomic mass is 10.1. The lowest BCUT2D eigenvalue weighted by Crippen LogP contribution is -2.37. The second kappa shape index (κ2) is 4.41. The molecule has 0 amide bonds. The van der Waals surface area contributed by atoms with Crippen LogP contribution in [0.15, 0.2) is 21.9 Å². The Bertz CT molecular complexity index is 556. The number of rotatable bonds is 2. The van der Waals surface area contributed by atoms with Gasteiger partial charge in [0.2, 0.25) is 0 Å². The van der Waals surface area contributed by atoms with Gasteiger partial charge in [-0.15, -0.1) is 0 Å². The predicted molar refractivity (Wildman–Crippen MR) is 54.3 cm³/mol. The van der Waals surface area contributed by atoms with E-state index in [1.54, 1.807) is 0 Å². The number of aromatic nitrogens is 2. The Labute approximate surface area is 96.1 Å². The summed E-state index contributed by atoms with van der Waals surface area (Å²) in [5.74, 6) is 0. The molecule has 0 radical (unpaired) electrons. The van der Waals surface area contributed by atoms with E-state index in [2.05, 4.69) is 0 Å². The molecule has 4 N–H and O–H groups in total. The number of hydrogen-bond acceptors (Lipinski definition) is 6. The van der Waals surface area contributed by atoms with Gasteiger partial charge in [-0.25, -0.2) is 4.79 Å². The molecule has 94 valence electrons. The van der Waals surface area contributed by atoms with Gasteiger partial charge in [0.25, 0.3) is 5.56 Å². The maximum Gasteiger partial charge on any atom is 0.330 e. The summed E-state index contributed by atoms with van der Waals surface area (Å²) in [7, 11) is 0. The molecule has 0 saturated carbocycles.